The van der Waals surface area contributed by atoms with Gasteiger partial charge in [-0.05, 0) is 24.8 Å². The Morgan fingerprint density at radius 3 is 2.71 bits per heavy atom. The predicted molar refractivity (Wildman–Crippen MR) is 72.8 cm³/mol. The highest BCUT2D eigenvalue weighted by molar-refractivity contribution is 5.14. The van der Waals surface area contributed by atoms with E-state index in [9.17, 15) is 5.11 Å². The summed E-state index contributed by atoms with van der Waals surface area (Å²) >= 11 is 0. The van der Waals surface area contributed by atoms with Crippen molar-refractivity contribution in [2.75, 3.05) is 6.54 Å². The second-order valence-corrected chi connectivity index (χ2v) is 4.34. The first-order valence-electron chi connectivity index (χ1n) is 6.36. The number of aliphatic hydroxyl groups is 1. The van der Waals surface area contributed by atoms with E-state index in [0.717, 1.165) is 32.2 Å². The summed E-state index contributed by atoms with van der Waals surface area (Å²) in [4.78, 5) is 0. The Bertz CT molecular complexity index is 297. The van der Waals surface area contributed by atoms with Gasteiger partial charge in [0.2, 0.25) is 0 Å². The minimum absolute atomic E-state index is 0.233. The highest BCUT2D eigenvalue weighted by Gasteiger charge is 2.02. The molecule has 0 amide bonds. The molecule has 2 N–H and O–H groups in total. The van der Waals surface area contributed by atoms with Gasteiger partial charge in [-0.15, -0.1) is 6.58 Å². The first kappa shape index (κ1) is 13.9. The molecular formula is C15H23NO. The van der Waals surface area contributed by atoms with Crippen molar-refractivity contribution >= 4 is 0 Å². The van der Waals surface area contributed by atoms with Crippen molar-refractivity contribution in [3.63, 3.8) is 0 Å². The number of aliphatic hydroxyl groups excluding tert-OH is 1. The Morgan fingerprint density at radius 1 is 1.24 bits per heavy atom. The summed E-state index contributed by atoms with van der Waals surface area (Å²) < 4.78 is 0. The lowest BCUT2D eigenvalue weighted by atomic mass is 10.1. The van der Waals surface area contributed by atoms with Gasteiger partial charge in [0.25, 0.3) is 0 Å². The topological polar surface area (TPSA) is 32.3 Å². The van der Waals surface area contributed by atoms with Crippen LogP contribution >= 0.6 is 0 Å². The summed E-state index contributed by atoms with van der Waals surface area (Å²) in [6.07, 6.45) is 5.81. The molecule has 0 bridgehead atoms. The van der Waals surface area contributed by atoms with E-state index in [1.807, 2.05) is 24.3 Å². The molecule has 0 heterocycles. The Balaban J connectivity index is 2.04. The Morgan fingerprint density at radius 2 is 2.00 bits per heavy atom. The van der Waals surface area contributed by atoms with Crippen LogP contribution in [0.4, 0.5) is 0 Å². The Hall–Kier alpha value is -1.12. The quantitative estimate of drug-likeness (QED) is 0.508. The van der Waals surface area contributed by atoms with Gasteiger partial charge in [0.15, 0.2) is 0 Å². The largest absolute Gasteiger partial charge is 0.392 e. The molecule has 0 fully saturated rings. The molecule has 2 nitrogen and oxygen atoms in total. The van der Waals surface area contributed by atoms with Crippen molar-refractivity contribution in [2.45, 2.75) is 38.3 Å². The molecule has 1 aromatic rings. The Labute approximate surface area is 104 Å². The third-order valence-electron chi connectivity index (χ3n) is 2.75. The average molecular weight is 233 g/mol. The molecule has 1 aromatic carbocycles. The zero-order valence-corrected chi connectivity index (χ0v) is 10.4. The van der Waals surface area contributed by atoms with Crippen LogP contribution in [-0.2, 0) is 6.54 Å². The monoisotopic (exact) mass is 233 g/mol. The second kappa shape index (κ2) is 8.97. The van der Waals surface area contributed by atoms with Crippen LogP contribution in [0, 0.1) is 0 Å². The predicted octanol–water partition coefficient (Wildman–Crippen LogP) is 2.88. The minimum atomic E-state index is -0.233. The van der Waals surface area contributed by atoms with Gasteiger partial charge in [-0.25, -0.2) is 0 Å². The van der Waals surface area contributed by atoms with E-state index in [0.29, 0.717) is 6.54 Å². The van der Waals surface area contributed by atoms with Crippen LogP contribution in [0.15, 0.2) is 43.0 Å². The molecule has 1 rings (SSSR count). The average Bonchev–Trinajstić information content (AvgIpc) is 2.36. The van der Waals surface area contributed by atoms with Gasteiger partial charge in [-0.3, -0.25) is 0 Å². The van der Waals surface area contributed by atoms with Crippen LogP contribution in [0.25, 0.3) is 0 Å². The number of hydrogen-bond acceptors (Lipinski definition) is 2. The van der Waals surface area contributed by atoms with Crippen LogP contribution < -0.4 is 5.32 Å². The summed E-state index contributed by atoms with van der Waals surface area (Å²) in [6.45, 7) is 5.18. The lowest BCUT2D eigenvalue weighted by Crippen LogP contribution is -2.26. The summed E-state index contributed by atoms with van der Waals surface area (Å²) in [7, 11) is 0. The van der Waals surface area contributed by atoms with E-state index in [1.165, 1.54) is 5.56 Å². The number of benzene rings is 1. The fourth-order valence-electron chi connectivity index (χ4n) is 1.75. The highest BCUT2D eigenvalue weighted by atomic mass is 16.3. The molecular weight excluding hydrogens is 210 g/mol. The maximum Gasteiger partial charge on any atom is 0.0664 e. The number of hydrogen-bond donors (Lipinski definition) is 2. The summed E-state index contributed by atoms with van der Waals surface area (Å²) in [6, 6.07) is 10.2. The minimum Gasteiger partial charge on any atom is -0.392 e. The lowest BCUT2D eigenvalue weighted by molar-refractivity contribution is 0.158. The van der Waals surface area contributed by atoms with Gasteiger partial charge in [0.05, 0.1) is 6.10 Å². The first-order valence-corrected chi connectivity index (χ1v) is 6.36. The number of allylic oxidation sites excluding steroid dienone is 1. The molecule has 0 aromatic heterocycles. The van der Waals surface area contributed by atoms with E-state index < -0.39 is 0 Å². The van der Waals surface area contributed by atoms with Crippen LogP contribution in [-0.4, -0.2) is 17.8 Å². The maximum absolute atomic E-state index is 9.74. The molecule has 0 unspecified atom stereocenters. The van der Waals surface area contributed by atoms with Gasteiger partial charge in [-0.1, -0.05) is 42.8 Å². The third kappa shape index (κ3) is 6.93. The van der Waals surface area contributed by atoms with Gasteiger partial charge in [-0.2, -0.15) is 0 Å². The summed E-state index contributed by atoms with van der Waals surface area (Å²) in [5.74, 6) is 0. The van der Waals surface area contributed by atoms with Crippen LogP contribution in [0.3, 0.4) is 0 Å². The van der Waals surface area contributed by atoms with Crippen molar-refractivity contribution in [2.24, 2.45) is 0 Å². The summed E-state index contributed by atoms with van der Waals surface area (Å²) in [5.41, 5.74) is 1.26. The highest BCUT2D eigenvalue weighted by Crippen LogP contribution is 2.04. The van der Waals surface area contributed by atoms with Gasteiger partial charge >= 0.3 is 0 Å². The molecule has 0 saturated heterocycles. The van der Waals surface area contributed by atoms with Crippen LogP contribution in [0.5, 0.6) is 0 Å². The van der Waals surface area contributed by atoms with E-state index in [2.05, 4.69) is 24.0 Å². The SMILES string of the molecule is C=CCCCC[C@@H](O)CNCc1ccccc1. The normalized spacial score (nSPS) is 12.3. The van der Waals surface area contributed by atoms with E-state index in [-0.39, 0.29) is 6.10 Å². The van der Waals surface area contributed by atoms with Crippen molar-refractivity contribution in [1.82, 2.24) is 5.32 Å². The van der Waals surface area contributed by atoms with E-state index >= 15 is 0 Å². The Kier molecular flexibility index (Phi) is 7.35. The standard InChI is InChI=1S/C15H23NO/c1-2-3-4-8-11-15(17)13-16-12-14-9-6-5-7-10-14/h2,5-7,9-10,15-17H,1,3-4,8,11-13H2/t15-/m1/s1. The molecule has 94 valence electrons. The van der Waals surface area contributed by atoms with Crippen LogP contribution in [0.2, 0.25) is 0 Å². The fraction of sp³-hybridized carbons (Fsp3) is 0.467. The molecule has 0 aliphatic rings. The molecule has 1 atom stereocenters. The van der Waals surface area contributed by atoms with Crippen LogP contribution in [0.1, 0.15) is 31.2 Å². The number of rotatable bonds is 9. The van der Waals surface area contributed by atoms with Crippen molar-refractivity contribution in [3.05, 3.63) is 48.6 Å². The molecule has 0 saturated carbocycles. The molecule has 0 radical (unpaired) electrons. The van der Waals surface area contributed by atoms with Gasteiger partial charge < -0.3 is 10.4 Å². The molecule has 0 aliphatic heterocycles. The zero-order chi connectivity index (χ0) is 12.3. The third-order valence-corrected chi connectivity index (χ3v) is 2.75. The molecule has 17 heavy (non-hydrogen) atoms. The van der Waals surface area contributed by atoms with Crippen molar-refractivity contribution in [1.29, 1.82) is 0 Å². The molecule has 2 heteroatoms. The summed E-state index contributed by atoms with van der Waals surface area (Å²) in [5, 5.41) is 13.0. The van der Waals surface area contributed by atoms with Gasteiger partial charge in [0, 0.05) is 13.1 Å². The number of unbranched alkanes of at least 4 members (excludes halogenated alkanes) is 2. The van der Waals surface area contributed by atoms with E-state index in [1.54, 1.807) is 0 Å². The second-order valence-electron chi connectivity index (χ2n) is 4.34. The maximum atomic E-state index is 9.74. The zero-order valence-electron chi connectivity index (χ0n) is 10.4. The smallest absolute Gasteiger partial charge is 0.0664 e. The lowest BCUT2D eigenvalue weighted by Gasteiger charge is -2.11. The first-order chi connectivity index (χ1) is 8.33. The number of nitrogens with one attached hydrogen (secondary N) is 1. The van der Waals surface area contributed by atoms with Gasteiger partial charge in [0.1, 0.15) is 0 Å². The van der Waals surface area contributed by atoms with Crippen molar-refractivity contribution in [3.8, 4) is 0 Å². The van der Waals surface area contributed by atoms with Crippen molar-refractivity contribution < 1.29 is 5.11 Å². The van der Waals surface area contributed by atoms with E-state index in [4.69, 9.17) is 0 Å². The fourth-order valence-corrected chi connectivity index (χ4v) is 1.75. The molecule has 0 aliphatic carbocycles. The molecule has 0 spiro atoms.